The van der Waals surface area contributed by atoms with E-state index in [2.05, 4.69) is 9.80 Å². The van der Waals surface area contributed by atoms with Crippen molar-refractivity contribution < 1.29 is 13.9 Å². The Kier molecular flexibility index (Phi) is 5.56. The van der Waals surface area contributed by atoms with Crippen LogP contribution in [0.2, 0.25) is 0 Å². The van der Waals surface area contributed by atoms with Crippen molar-refractivity contribution in [1.29, 1.82) is 0 Å². The van der Waals surface area contributed by atoms with E-state index in [0.29, 0.717) is 18.7 Å². The Hall–Kier alpha value is -1.62. The molecule has 0 aliphatic carbocycles. The minimum Gasteiger partial charge on any atom is -0.466 e. The number of carbonyl (C=O) groups excluding carboxylic acids is 1. The van der Waals surface area contributed by atoms with Gasteiger partial charge in [0.15, 0.2) is 0 Å². The second-order valence-corrected chi connectivity index (χ2v) is 5.33. The van der Waals surface area contributed by atoms with Crippen molar-refractivity contribution in [1.82, 2.24) is 4.90 Å². The lowest BCUT2D eigenvalue weighted by atomic mass is 10.1. The third-order valence-electron chi connectivity index (χ3n) is 3.90. The molecule has 1 unspecified atom stereocenters. The molecule has 0 radical (unpaired) electrons. The van der Waals surface area contributed by atoms with Crippen LogP contribution < -0.4 is 4.90 Å². The number of hydrogen-bond donors (Lipinski definition) is 0. The van der Waals surface area contributed by atoms with Crippen LogP contribution in [0.1, 0.15) is 20.3 Å². The van der Waals surface area contributed by atoms with E-state index in [9.17, 15) is 9.18 Å². The third-order valence-corrected chi connectivity index (χ3v) is 3.90. The summed E-state index contributed by atoms with van der Waals surface area (Å²) >= 11 is 0. The third kappa shape index (κ3) is 4.17. The zero-order valence-corrected chi connectivity index (χ0v) is 12.7. The highest BCUT2D eigenvalue weighted by molar-refractivity contribution is 5.70. The molecule has 0 spiro atoms. The quantitative estimate of drug-likeness (QED) is 0.780. The Morgan fingerprint density at radius 1 is 1.29 bits per heavy atom. The molecule has 0 bridgehead atoms. The Morgan fingerprint density at radius 2 is 1.95 bits per heavy atom. The molecule has 21 heavy (non-hydrogen) atoms. The van der Waals surface area contributed by atoms with Crippen LogP contribution >= 0.6 is 0 Å². The van der Waals surface area contributed by atoms with Gasteiger partial charge in [-0.05, 0) is 26.0 Å². The lowest BCUT2D eigenvalue weighted by molar-refractivity contribution is -0.144. The SMILES string of the molecule is CCOC(=O)CC(C)N1CCN(c2ccccc2F)CC1. The number of anilines is 1. The van der Waals surface area contributed by atoms with Gasteiger partial charge < -0.3 is 9.64 Å². The number of esters is 1. The lowest BCUT2D eigenvalue weighted by Crippen LogP contribution is -2.50. The average Bonchev–Trinajstić information content (AvgIpc) is 2.48. The van der Waals surface area contributed by atoms with E-state index in [1.165, 1.54) is 6.07 Å². The van der Waals surface area contributed by atoms with Gasteiger partial charge in [0.1, 0.15) is 5.82 Å². The fraction of sp³-hybridized carbons (Fsp3) is 0.562. The van der Waals surface area contributed by atoms with Gasteiger partial charge in [-0.3, -0.25) is 9.69 Å². The van der Waals surface area contributed by atoms with Crippen LogP contribution in [0.3, 0.4) is 0 Å². The highest BCUT2D eigenvalue weighted by atomic mass is 19.1. The van der Waals surface area contributed by atoms with E-state index in [1.807, 2.05) is 26.0 Å². The molecule has 0 amide bonds. The molecule has 2 rings (SSSR count). The maximum Gasteiger partial charge on any atom is 0.307 e. The molecule has 1 saturated heterocycles. The van der Waals surface area contributed by atoms with Gasteiger partial charge in [0.2, 0.25) is 0 Å². The summed E-state index contributed by atoms with van der Waals surface area (Å²) in [5, 5.41) is 0. The molecule has 0 aromatic heterocycles. The predicted octanol–water partition coefficient (Wildman–Crippen LogP) is 2.29. The van der Waals surface area contributed by atoms with Crippen molar-refractivity contribution in [2.24, 2.45) is 0 Å². The monoisotopic (exact) mass is 294 g/mol. The van der Waals surface area contributed by atoms with E-state index in [0.717, 1.165) is 26.2 Å². The standard InChI is InChI=1S/C16H23FN2O2/c1-3-21-16(20)12-13(2)18-8-10-19(11-9-18)15-7-5-4-6-14(15)17/h4-7,13H,3,8-12H2,1-2H3. The number of piperazine rings is 1. The first-order valence-electron chi connectivity index (χ1n) is 7.51. The Balaban J connectivity index is 1.86. The summed E-state index contributed by atoms with van der Waals surface area (Å²) in [6.07, 6.45) is 0.410. The number of carbonyl (C=O) groups is 1. The number of nitrogens with zero attached hydrogens (tertiary/aromatic N) is 2. The summed E-state index contributed by atoms with van der Waals surface area (Å²) in [6.45, 7) is 7.48. The van der Waals surface area contributed by atoms with Gasteiger partial charge in [-0.1, -0.05) is 12.1 Å². The fourth-order valence-electron chi connectivity index (χ4n) is 2.70. The van der Waals surface area contributed by atoms with Gasteiger partial charge in [0.25, 0.3) is 0 Å². The second kappa shape index (κ2) is 7.41. The van der Waals surface area contributed by atoms with Gasteiger partial charge in [0, 0.05) is 32.2 Å². The molecular weight excluding hydrogens is 271 g/mol. The van der Waals surface area contributed by atoms with E-state index < -0.39 is 0 Å². The van der Waals surface area contributed by atoms with Crippen molar-refractivity contribution in [2.45, 2.75) is 26.3 Å². The van der Waals surface area contributed by atoms with Gasteiger partial charge in [-0.2, -0.15) is 0 Å². The second-order valence-electron chi connectivity index (χ2n) is 5.33. The largest absolute Gasteiger partial charge is 0.466 e. The van der Waals surface area contributed by atoms with Crippen LogP contribution in [-0.4, -0.2) is 49.7 Å². The molecule has 0 N–H and O–H groups in total. The van der Waals surface area contributed by atoms with Crippen molar-refractivity contribution in [2.75, 3.05) is 37.7 Å². The molecule has 4 nitrogen and oxygen atoms in total. The number of ether oxygens (including phenoxy) is 1. The van der Waals surface area contributed by atoms with Crippen LogP contribution in [0.4, 0.5) is 10.1 Å². The normalized spacial score (nSPS) is 17.6. The minimum atomic E-state index is -0.175. The van der Waals surface area contributed by atoms with Gasteiger partial charge in [-0.15, -0.1) is 0 Å². The first-order chi connectivity index (χ1) is 10.1. The summed E-state index contributed by atoms with van der Waals surface area (Å²) in [4.78, 5) is 15.8. The zero-order chi connectivity index (χ0) is 15.2. The average molecular weight is 294 g/mol. The van der Waals surface area contributed by atoms with Crippen molar-refractivity contribution in [3.05, 3.63) is 30.1 Å². The van der Waals surface area contributed by atoms with Gasteiger partial charge in [-0.25, -0.2) is 4.39 Å². The van der Waals surface area contributed by atoms with Crippen molar-refractivity contribution in [3.63, 3.8) is 0 Å². The van der Waals surface area contributed by atoms with E-state index in [1.54, 1.807) is 6.07 Å². The maximum absolute atomic E-state index is 13.8. The predicted molar refractivity (Wildman–Crippen MR) is 80.9 cm³/mol. The molecule has 5 heteroatoms. The summed E-state index contributed by atoms with van der Waals surface area (Å²) < 4.78 is 18.8. The molecule has 0 saturated carbocycles. The minimum absolute atomic E-state index is 0.151. The first-order valence-corrected chi connectivity index (χ1v) is 7.51. The molecule has 1 heterocycles. The number of hydrogen-bond acceptors (Lipinski definition) is 4. The molecule has 1 aliphatic rings. The van der Waals surface area contributed by atoms with E-state index >= 15 is 0 Å². The molecule has 1 aromatic rings. The highest BCUT2D eigenvalue weighted by Crippen LogP contribution is 2.21. The van der Waals surface area contributed by atoms with E-state index in [4.69, 9.17) is 4.74 Å². The Labute approximate surface area is 125 Å². The van der Waals surface area contributed by atoms with Crippen LogP contribution in [0, 0.1) is 5.82 Å². The Morgan fingerprint density at radius 3 is 2.57 bits per heavy atom. The molecule has 1 atom stereocenters. The number of rotatable bonds is 5. The lowest BCUT2D eigenvalue weighted by Gasteiger charge is -2.39. The molecule has 1 fully saturated rings. The first kappa shape index (κ1) is 15.8. The summed E-state index contributed by atoms with van der Waals surface area (Å²) in [7, 11) is 0. The fourth-order valence-corrected chi connectivity index (χ4v) is 2.70. The van der Waals surface area contributed by atoms with Crippen molar-refractivity contribution in [3.8, 4) is 0 Å². The van der Waals surface area contributed by atoms with Gasteiger partial charge >= 0.3 is 5.97 Å². The Bertz CT molecular complexity index is 473. The molecule has 116 valence electrons. The number of benzene rings is 1. The number of para-hydroxylation sites is 1. The van der Waals surface area contributed by atoms with Crippen LogP contribution in [0.25, 0.3) is 0 Å². The topological polar surface area (TPSA) is 32.8 Å². The highest BCUT2D eigenvalue weighted by Gasteiger charge is 2.24. The van der Waals surface area contributed by atoms with Crippen molar-refractivity contribution >= 4 is 11.7 Å². The number of halogens is 1. The van der Waals surface area contributed by atoms with Crippen LogP contribution in [-0.2, 0) is 9.53 Å². The summed E-state index contributed by atoms with van der Waals surface area (Å²) in [5.41, 5.74) is 0.662. The maximum atomic E-state index is 13.8. The molecule has 1 aromatic carbocycles. The summed E-state index contributed by atoms with van der Waals surface area (Å²) in [6, 6.07) is 7.02. The molecule has 1 aliphatic heterocycles. The van der Waals surface area contributed by atoms with Gasteiger partial charge in [0.05, 0.1) is 18.7 Å². The molecular formula is C16H23FN2O2. The van der Waals surface area contributed by atoms with Crippen LogP contribution in [0.5, 0.6) is 0 Å². The van der Waals surface area contributed by atoms with E-state index in [-0.39, 0.29) is 17.8 Å². The zero-order valence-electron chi connectivity index (χ0n) is 12.7. The van der Waals surface area contributed by atoms with Crippen LogP contribution in [0.15, 0.2) is 24.3 Å². The smallest absolute Gasteiger partial charge is 0.307 e. The summed E-state index contributed by atoms with van der Waals surface area (Å²) in [5.74, 6) is -0.327.